The Hall–Kier alpha value is -3.76. The second-order valence-electron chi connectivity index (χ2n) is 8.30. The molecule has 1 amide bonds. The van der Waals surface area contributed by atoms with Gasteiger partial charge in [0, 0.05) is 23.8 Å². The fourth-order valence-corrected chi connectivity index (χ4v) is 3.14. The zero-order valence-electron chi connectivity index (χ0n) is 18.2. The van der Waals surface area contributed by atoms with E-state index in [1.807, 2.05) is 0 Å². The predicted molar refractivity (Wildman–Crippen MR) is 115 cm³/mol. The zero-order chi connectivity index (χ0) is 24.4. The van der Waals surface area contributed by atoms with Crippen LogP contribution in [-0.4, -0.2) is 32.3 Å². The summed E-state index contributed by atoms with van der Waals surface area (Å²) < 4.78 is 46.9. The number of alkyl halides is 3. The molecule has 0 unspecified atom stereocenters. The third-order valence-electron chi connectivity index (χ3n) is 4.39. The number of anilines is 2. The van der Waals surface area contributed by atoms with E-state index >= 15 is 0 Å². The number of carbonyl (C=O) groups is 2. The maximum absolute atomic E-state index is 13.4. The summed E-state index contributed by atoms with van der Waals surface area (Å²) in [5.41, 5.74) is -0.650. The van der Waals surface area contributed by atoms with Crippen LogP contribution in [0.1, 0.15) is 32.0 Å². The lowest BCUT2D eigenvalue weighted by Crippen LogP contribution is -2.32. The van der Waals surface area contributed by atoms with Gasteiger partial charge in [0.2, 0.25) is 0 Å². The summed E-state index contributed by atoms with van der Waals surface area (Å²) in [7, 11) is 0. The van der Waals surface area contributed by atoms with E-state index in [0.29, 0.717) is 16.6 Å². The van der Waals surface area contributed by atoms with Crippen molar-refractivity contribution in [3.8, 4) is 0 Å². The third-order valence-corrected chi connectivity index (χ3v) is 4.39. The molecule has 8 nitrogen and oxygen atoms in total. The first-order valence-corrected chi connectivity index (χ1v) is 9.93. The van der Waals surface area contributed by atoms with Crippen LogP contribution in [0.15, 0.2) is 42.6 Å². The molecule has 3 N–H and O–H groups in total. The molecule has 1 aromatic carbocycles. The van der Waals surface area contributed by atoms with Crippen LogP contribution in [0.5, 0.6) is 0 Å². The number of amides is 1. The van der Waals surface area contributed by atoms with Crippen molar-refractivity contribution in [2.45, 2.75) is 45.6 Å². The van der Waals surface area contributed by atoms with Crippen molar-refractivity contribution in [3.63, 3.8) is 0 Å². The second kappa shape index (κ2) is 9.00. The number of hydrogen-bond donors (Lipinski definition) is 3. The fourth-order valence-electron chi connectivity index (χ4n) is 3.14. The van der Waals surface area contributed by atoms with Gasteiger partial charge in [0.1, 0.15) is 23.7 Å². The van der Waals surface area contributed by atoms with Gasteiger partial charge < -0.3 is 25.0 Å². The van der Waals surface area contributed by atoms with Gasteiger partial charge in [-0.1, -0.05) is 6.07 Å². The Kier molecular flexibility index (Phi) is 6.52. The van der Waals surface area contributed by atoms with Crippen LogP contribution in [0.3, 0.4) is 0 Å². The Labute approximate surface area is 187 Å². The molecule has 0 radical (unpaired) electrons. The largest absolute Gasteiger partial charge is 0.480 e. The van der Waals surface area contributed by atoms with Gasteiger partial charge in [-0.05, 0) is 56.7 Å². The minimum absolute atomic E-state index is 0.0794. The van der Waals surface area contributed by atoms with Crippen molar-refractivity contribution in [1.82, 2.24) is 14.9 Å². The Morgan fingerprint density at radius 1 is 1.15 bits per heavy atom. The highest BCUT2D eigenvalue weighted by molar-refractivity contribution is 5.94. The maximum atomic E-state index is 13.4. The summed E-state index contributed by atoms with van der Waals surface area (Å²) in [4.78, 5) is 26.6. The highest BCUT2D eigenvalue weighted by Gasteiger charge is 2.33. The number of alkyl carbamates (subject to hydrolysis) is 1. The molecule has 3 rings (SSSR count). The number of carbonyl (C=O) groups excluding carboxylic acids is 1. The number of aromatic nitrogens is 2. The van der Waals surface area contributed by atoms with Crippen molar-refractivity contribution in [2.24, 2.45) is 0 Å². The van der Waals surface area contributed by atoms with Gasteiger partial charge in [0.15, 0.2) is 0 Å². The van der Waals surface area contributed by atoms with Crippen molar-refractivity contribution < 1.29 is 32.6 Å². The molecule has 0 aliphatic rings. The second-order valence-corrected chi connectivity index (χ2v) is 8.30. The van der Waals surface area contributed by atoms with Crippen LogP contribution in [0, 0.1) is 0 Å². The summed E-state index contributed by atoms with van der Waals surface area (Å²) in [5, 5.41) is 15.0. The smallest absolute Gasteiger partial charge is 0.433 e. The average molecular weight is 464 g/mol. The molecule has 0 atom stereocenters. The number of nitrogens with one attached hydrogen (secondary N) is 2. The summed E-state index contributed by atoms with van der Waals surface area (Å²) in [6.07, 6.45) is -3.87. The predicted octanol–water partition coefficient (Wildman–Crippen LogP) is 4.91. The van der Waals surface area contributed by atoms with E-state index in [1.165, 1.54) is 10.6 Å². The first kappa shape index (κ1) is 23.9. The lowest BCUT2D eigenvalue weighted by atomic mass is 10.2. The number of ether oxygens (including phenoxy) is 1. The van der Waals surface area contributed by atoms with Crippen LogP contribution >= 0.6 is 0 Å². The van der Waals surface area contributed by atoms with Crippen LogP contribution in [0.4, 0.5) is 29.5 Å². The lowest BCUT2D eigenvalue weighted by Gasteiger charge is -2.20. The zero-order valence-corrected chi connectivity index (χ0v) is 18.2. The molecule has 0 fully saturated rings. The molecule has 176 valence electrons. The molecule has 3 aromatic rings. The molecule has 0 aliphatic carbocycles. The summed E-state index contributed by atoms with van der Waals surface area (Å²) in [5.74, 6) is -1.10. The minimum atomic E-state index is -4.70. The molecule has 0 spiro atoms. The monoisotopic (exact) mass is 464 g/mol. The molecular weight excluding hydrogens is 441 g/mol. The standard InChI is InChI=1S/C22H23F3N4O4/c1-21(2,3)33-20(32)26-11-13-9-17(22(23,24)25)28-18(10-13)27-15-5-4-6-16-14(15)7-8-29(16)12-19(30)31/h4-10H,11-12H2,1-3H3,(H,26,32)(H,27,28)(H,30,31). The third kappa shape index (κ3) is 6.37. The molecular formula is C22H23F3N4O4. The number of nitrogens with zero attached hydrogens (tertiary/aromatic N) is 2. The number of benzene rings is 1. The highest BCUT2D eigenvalue weighted by Crippen LogP contribution is 2.32. The molecule has 33 heavy (non-hydrogen) atoms. The highest BCUT2D eigenvalue weighted by atomic mass is 19.4. The Morgan fingerprint density at radius 2 is 1.88 bits per heavy atom. The molecule has 0 aliphatic heterocycles. The molecule has 0 saturated heterocycles. The van der Waals surface area contributed by atoms with Gasteiger partial charge in [-0.3, -0.25) is 4.79 Å². The van der Waals surface area contributed by atoms with Crippen LogP contribution in [0.25, 0.3) is 10.9 Å². The average Bonchev–Trinajstić information content (AvgIpc) is 3.07. The van der Waals surface area contributed by atoms with Gasteiger partial charge in [-0.2, -0.15) is 13.2 Å². The van der Waals surface area contributed by atoms with Gasteiger partial charge in [-0.15, -0.1) is 0 Å². The Bertz CT molecular complexity index is 1180. The number of rotatable bonds is 6. The Balaban J connectivity index is 1.90. The van der Waals surface area contributed by atoms with Gasteiger partial charge in [0.25, 0.3) is 0 Å². The van der Waals surface area contributed by atoms with Crippen molar-refractivity contribution in [2.75, 3.05) is 5.32 Å². The van der Waals surface area contributed by atoms with E-state index < -0.39 is 29.5 Å². The topological polar surface area (TPSA) is 105 Å². The quantitative estimate of drug-likeness (QED) is 0.479. The van der Waals surface area contributed by atoms with Gasteiger partial charge >= 0.3 is 18.2 Å². The minimum Gasteiger partial charge on any atom is -0.480 e. The summed E-state index contributed by atoms with van der Waals surface area (Å²) >= 11 is 0. The van der Waals surface area contributed by atoms with E-state index in [0.717, 1.165) is 6.07 Å². The Morgan fingerprint density at radius 3 is 2.52 bits per heavy atom. The number of pyridine rings is 1. The number of aliphatic carboxylic acids is 1. The van der Waals surface area contributed by atoms with Crippen LogP contribution < -0.4 is 10.6 Å². The van der Waals surface area contributed by atoms with E-state index in [2.05, 4.69) is 15.6 Å². The van der Waals surface area contributed by atoms with Gasteiger partial charge in [-0.25, -0.2) is 9.78 Å². The summed E-state index contributed by atoms with van der Waals surface area (Å²) in [6, 6.07) is 8.92. The molecule has 0 bridgehead atoms. The molecule has 11 heteroatoms. The van der Waals surface area contributed by atoms with Crippen LogP contribution in [-0.2, 0) is 28.8 Å². The maximum Gasteiger partial charge on any atom is 0.433 e. The number of fused-ring (bicyclic) bond motifs is 1. The SMILES string of the molecule is CC(C)(C)OC(=O)NCc1cc(Nc2cccc3c2ccn3CC(=O)O)nc(C(F)(F)F)c1. The van der Waals surface area contributed by atoms with E-state index in [-0.39, 0.29) is 24.5 Å². The molecule has 2 heterocycles. The van der Waals surface area contributed by atoms with Crippen molar-refractivity contribution >= 4 is 34.5 Å². The summed E-state index contributed by atoms with van der Waals surface area (Å²) in [6.45, 7) is 4.57. The molecule has 2 aromatic heterocycles. The number of hydrogen-bond acceptors (Lipinski definition) is 5. The lowest BCUT2D eigenvalue weighted by molar-refractivity contribution is -0.141. The van der Waals surface area contributed by atoms with Gasteiger partial charge in [0.05, 0.1) is 5.52 Å². The number of carboxylic acid groups (broad SMARTS) is 1. The molecule has 0 saturated carbocycles. The number of halogens is 3. The van der Waals surface area contributed by atoms with E-state index in [1.54, 1.807) is 51.2 Å². The van der Waals surface area contributed by atoms with E-state index in [9.17, 15) is 22.8 Å². The van der Waals surface area contributed by atoms with Crippen molar-refractivity contribution in [3.05, 3.63) is 53.9 Å². The normalized spacial score (nSPS) is 11.9. The van der Waals surface area contributed by atoms with E-state index in [4.69, 9.17) is 9.84 Å². The van der Waals surface area contributed by atoms with Crippen LogP contribution in [0.2, 0.25) is 0 Å². The first-order valence-electron chi connectivity index (χ1n) is 9.93. The number of carboxylic acids is 1. The fraction of sp³-hybridized carbons (Fsp3) is 0.318. The van der Waals surface area contributed by atoms with Crippen molar-refractivity contribution in [1.29, 1.82) is 0 Å². The first-order chi connectivity index (χ1) is 15.3.